The highest BCUT2D eigenvalue weighted by atomic mass is 16.5. The van der Waals surface area contributed by atoms with Gasteiger partial charge >= 0.3 is 5.97 Å². The van der Waals surface area contributed by atoms with Crippen LogP contribution in [-0.4, -0.2) is 18.2 Å². The average molecular weight is 332 g/mol. The van der Waals surface area contributed by atoms with Crippen LogP contribution in [-0.2, 0) is 11.2 Å². The van der Waals surface area contributed by atoms with Gasteiger partial charge in [0.25, 0.3) is 0 Å². The molecule has 0 amide bonds. The van der Waals surface area contributed by atoms with E-state index in [-0.39, 0.29) is 12.3 Å². The quantitative estimate of drug-likeness (QED) is 0.656. The zero-order chi connectivity index (χ0) is 17.5. The molecule has 0 aromatic heterocycles. The molecule has 0 bridgehead atoms. The smallest absolute Gasteiger partial charge is 0.303 e. The van der Waals surface area contributed by atoms with Crippen LogP contribution in [0.2, 0.25) is 0 Å². The standard InChI is InChI=1S/C21H32O3/c1-4-15(5-2)9-10-16-11-18(13-19(12-16)24-3)20-8-6-7-17(20)14-21(22)23/h11-13,15,17,20H,4-10,14H2,1-3H3,(H,22,23)/t17?,20-/m0/s1. The maximum Gasteiger partial charge on any atom is 0.303 e. The summed E-state index contributed by atoms with van der Waals surface area (Å²) in [5.41, 5.74) is 2.61. The van der Waals surface area contributed by atoms with Crippen molar-refractivity contribution in [1.29, 1.82) is 0 Å². The molecule has 2 rings (SSSR count). The molecule has 1 fully saturated rings. The summed E-state index contributed by atoms with van der Waals surface area (Å²) in [7, 11) is 1.72. The van der Waals surface area contributed by atoms with Crippen molar-refractivity contribution in [2.75, 3.05) is 7.11 Å². The first-order valence-electron chi connectivity index (χ1n) is 9.46. The zero-order valence-electron chi connectivity index (χ0n) is 15.4. The fourth-order valence-electron chi connectivity index (χ4n) is 4.17. The summed E-state index contributed by atoms with van der Waals surface area (Å²) in [5, 5.41) is 9.17. The fraction of sp³-hybridized carbons (Fsp3) is 0.667. The van der Waals surface area contributed by atoms with E-state index in [0.717, 1.165) is 37.4 Å². The molecular weight excluding hydrogens is 300 g/mol. The number of hydrogen-bond acceptors (Lipinski definition) is 2. The molecule has 3 heteroatoms. The lowest BCUT2D eigenvalue weighted by molar-refractivity contribution is -0.138. The first-order chi connectivity index (χ1) is 11.6. The Hall–Kier alpha value is -1.51. The van der Waals surface area contributed by atoms with Crippen molar-refractivity contribution >= 4 is 5.97 Å². The van der Waals surface area contributed by atoms with Crippen LogP contribution >= 0.6 is 0 Å². The van der Waals surface area contributed by atoms with Crippen LogP contribution in [0, 0.1) is 11.8 Å². The monoisotopic (exact) mass is 332 g/mol. The third kappa shape index (κ3) is 4.99. The topological polar surface area (TPSA) is 46.5 Å². The van der Waals surface area contributed by atoms with E-state index in [1.807, 2.05) is 0 Å². The van der Waals surface area contributed by atoms with E-state index in [2.05, 4.69) is 32.0 Å². The summed E-state index contributed by atoms with van der Waals surface area (Å²) in [6.45, 7) is 4.53. The molecule has 0 radical (unpaired) electrons. The van der Waals surface area contributed by atoms with Crippen molar-refractivity contribution < 1.29 is 14.6 Å². The van der Waals surface area contributed by atoms with Gasteiger partial charge in [0.2, 0.25) is 0 Å². The highest BCUT2D eigenvalue weighted by molar-refractivity contribution is 5.67. The van der Waals surface area contributed by atoms with Gasteiger partial charge < -0.3 is 9.84 Å². The Bertz CT molecular complexity index is 534. The summed E-state index contributed by atoms with van der Waals surface area (Å²) in [4.78, 5) is 11.1. The number of rotatable bonds is 9. The molecule has 1 aliphatic carbocycles. The number of aliphatic carboxylic acids is 1. The molecular formula is C21H32O3. The van der Waals surface area contributed by atoms with Gasteiger partial charge in [-0.25, -0.2) is 0 Å². The van der Waals surface area contributed by atoms with Gasteiger partial charge in [-0.3, -0.25) is 4.79 Å². The van der Waals surface area contributed by atoms with Gasteiger partial charge in [0, 0.05) is 6.42 Å². The second kappa shape index (κ2) is 9.10. The van der Waals surface area contributed by atoms with Crippen molar-refractivity contribution in [2.45, 2.75) is 71.1 Å². The third-order valence-electron chi connectivity index (χ3n) is 5.74. The molecule has 3 nitrogen and oxygen atoms in total. The van der Waals surface area contributed by atoms with Crippen molar-refractivity contribution in [3.05, 3.63) is 29.3 Å². The van der Waals surface area contributed by atoms with Crippen LogP contribution in [0.3, 0.4) is 0 Å². The minimum Gasteiger partial charge on any atom is -0.497 e. The minimum atomic E-state index is -0.677. The normalized spacial score (nSPS) is 20.5. The molecule has 1 aliphatic rings. The van der Waals surface area contributed by atoms with Crippen LogP contribution < -0.4 is 4.74 Å². The molecule has 24 heavy (non-hydrogen) atoms. The summed E-state index contributed by atoms with van der Waals surface area (Å²) in [6.07, 6.45) is 8.28. The van der Waals surface area contributed by atoms with Crippen molar-refractivity contribution in [3.63, 3.8) is 0 Å². The van der Waals surface area contributed by atoms with Gasteiger partial charge in [-0.15, -0.1) is 0 Å². The van der Waals surface area contributed by atoms with E-state index < -0.39 is 5.97 Å². The van der Waals surface area contributed by atoms with Gasteiger partial charge in [-0.05, 0) is 66.7 Å². The van der Waals surface area contributed by atoms with Crippen molar-refractivity contribution in [1.82, 2.24) is 0 Å². The Morgan fingerprint density at radius 1 is 1.25 bits per heavy atom. The lowest BCUT2D eigenvalue weighted by atomic mass is 9.85. The van der Waals surface area contributed by atoms with Gasteiger partial charge in [-0.2, -0.15) is 0 Å². The maximum atomic E-state index is 11.1. The van der Waals surface area contributed by atoms with Crippen molar-refractivity contribution in [3.8, 4) is 5.75 Å². The van der Waals surface area contributed by atoms with E-state index in [1.165, 1.54) is 30.4 Å². The van der Waals surface area contributed by atoms with E-state index in [4.69, 9.17) is 9.84 Å². The second-order valence-corrected chi connectivity index (χ2v) is 7.23. The Morgan fingerprint density at radius 3 is 2.62 bits per heavy atom. The largest absolute Gasteiger partial charge is 0.497 e. The number of carboxylic acid groups (broad SMARTS) is 1. The SMILES string of the molecule is CCC(CC)CCc1cc(OC)cc([C@H]2CCCC2CC(=O)O)c1. The molecule has 1 aromatic rings. The number of benzene rings is 1. The average Bonchev–Trinajstić information content (AvgIpc) is 3.02. The number of carboxylic acids is 1. The summed E-state index contributed by atoms with van der Waals surface area (Å²) in [6, 6.07) is 6.56. The Kier molecular flexibility index (Phi) is 7.14. The summed E-state index contributed by atoms with van der Waals surface area (Å²) in [5.74, 6) is 1.65. The van der Waals surface area contributed by atoms with Crippen LogP contribution in [0.25, 0.3) is 0 Å². The van der Waals surface area contributed by atoms with Gasteiger partial charge in [-0.1, -0.05) is 39.2 Å². The Balaban J connectivity index is 2.17. The van der Waals surface area contributed by atoms with Crippen LogP contribution in [0.5, 0.6) is 5.75 Å². The number of carbonyl (C=O) groups is 1. The lowest BCUT2D eigenvalue weighted by Gasteiger charge is -2.20. The molecule has 2 atom stereocenters. The van der Waals surface area contributed by atoms with Crippen LogP contribution in [0.4, 0.5) is 0 Å². The molecule has 0 heterocycles. The molecule has 1 N–H and O–H groups in total. The molecule has 134 valence electrons. The highest BCUT2D eigenvalue weighted by Crippen LogP contribution is 2.42. The molecule has 0 saturated heterocycles. The predicted octanol–water partition coefficient (Wildman–Crippen LogP) is 5.42. The lowest BCUT2D eigenvalue weighted by Crippen LogP contribution is -2.12. The van der Waals surface area contributed by atoms with Crippen molar-refractivity contribution in [2.24, 2.45) is 11.8 Å². The molecule has 1 saturated carbocycles. The Morgan fingerprint density at radius 2 is 2.00 bits per heavy atom. The highest BCUT2D eigenvalue weighted by Gasteiger charge is 2.30. The van der Waals surface area contributed by atoms with Gasteiger partial charge in [0.15, 0.2) is 0 Å². The predicted molar refractivity (Wildman–Crippen MR) is 97.7 cm³/mol. The van der Waals surface area contributed by atoms with Crippen LogP contribution in [0.1, 0.15) is 75.8 Å². The number of methoxy groups -OCH3 is 1. The third-order valence-corrected chi connectivity index (χ3v) is 5.74. The second-order valence-electron chi connectivity index (χ2n) is 7.23. The van der Waals surface area contributed by atoms with Crippen LogP contribution in [0.15, 0.2) is 18.2 Å². The van der Waals surface area contributed by atoms with Gasteiger partial charge in [0.1, 0.15) is 5.75 Å². The molecule has 0 spiro atoms. The molecule has 1 unspecified atom stereocenters. The Labute approximate surface area is 146 Å². The van der Waals surface area contributed by atoms with E-state index in [0.29, 0.717) is 5.92 Å². The van der Waals surface area contributed by atoms with Gasteiger partial charge in [0.05, 0.1) is 7.11 Å². The zero-order valence-corrected chi connectivity index (χ0v) is 15.4. The number of ether oxygens (including phenoxy) is 1. The van der Waals surface area contributed by atoms with E-state index in [9.17, 15) is 4.79 Å². The minimum absolute atomic E-state index is 0.265. The maximum absolute atomic E-state index is 11.1. The first kappa shape index (κ1) is 18.8. The summed E-state index contributed by atoms with van der Waals surface area (Å²) >= 11 is 0. The molecule has 0 aliphatic heterocycles. The van der Waals surface area contributed by atoms with E-state index in [1.54, 1.807) is 7.11 Å². The van der Waals surface area contributed by atoms with E-state index >= 15 is 0 Å². The first-order valence-corrected chi connectivity index (χ1v) is 9.46. The fourth-order valence-corrected chi connectivity index (χ4v) is 4.17. The summed E-state index contributed by atoms with van der Waals surface area (Å²) < 4.78 is 5.51. The molecule has 1 aromatic carbocycles. The number of hydrogen-bond donors (Lipinski definition) is 1. The number of aryl methyl sites for hydroxylation is 1.